The standard InChI is InChI=1S/C20H17BrF2N4O4/c1-11-6-16(31-10-12-2-3-13(22)7-15(12)23)18(21)19(28)27(11)9-14-4-5-24-17(26-14)8-25-20(29)30/h2-7,25H,8-10H2,1H3,(H,29,30). The van der Waals surface area contributed by atoms with Crippen molar-refractivity contribution in [1.29, 1.82) is 0 Å². The highest BCUT2D eigenvalue weighted by molar-refractivity contribution is 9.10. The number of ether oxygens (including phenoxy) is 1. The quantitative estimate of drug-likeness (QED) is 0.521. The van der Waals surface area contributed by atoms with Crippen LogP contribution in [0, 0.1) is 18.6 Å². The molecule has 2 heterocycles. The maximum atomic E-state index is 13.8. The van der Waals surface area contributed by atoms with Gasteiger partial charge >= 0.3 is 6.09 Å². The maximum absolute atomic E-state index is 13.8. The van der Waals surface area contributed by atoms with Crippen molar-refractivity contribution in [1.82, 2.24) is 19.9 Å². The first-order valence-electron chi connectivity index (χ1n) is 8.99. The van der Waals surface area contributed by atoms with Gasteiger partial charge in [0.15, 0.2) is 0 Å². The molecule has 31 heavy (non-hydrogen) atoms. The summed E-state index contributed by atoms with van der Waals surface area (Å²) in [5.41, 5.74) is 0.833. The van der Waals surface area contributed by atoms with Crippen LogP contribution < -0.4 is 15.6 Å². The number of amides is 1. The second-order valence-corrected chi connectivity index (χ2v) is 7.30. The Morgan fingerprint density at radius 3 is 2.77 bits per heavy atom. The summed E-state index contributed by atoms with van der Waals surface area (Å²) in [7, 11) is 0. The summed E-state index contributed by atoms with van der Waals surface area (Å²) in [5, 5.41) is 10.9. The Balaban J connectivity index is 1.79. The highest BCUT2D eigenvalue weighted by atomic mass is 79.9. The third-order valence-electron chi connectivity index (χ3n) is 4.29. The van der Waals surface area contributed by atoms with Gasteiger partial charge < -0.3 is 19.7 Å². The van der Waals surface area contributed by atoms with E-state index >= 15 is 0 Å². The van der Waals surface area contributed by atoms with Crippen LogP contribution in [0.1, 0.15) is 22.8 Å². The minimum atomic E-state index is -1.19. The van der Waals surface area contributed by atoms with E-state index in [1.54, 1.807) is 19.1 Å². The van der Waals surface area contributed by atoms with Crippen LogP contribution in [0.15, 0.2) is 45.8 Å². The second kappa shape index (κ2) is 9.65. The first-order chi connectivity index (χ1) is 14.7. The molecular weight excluding hydrogens is 478 g/mol. The summed E-state index contributed by atoms with van der Waals surface area (Å²) in [6, 6.07) is 6.40. The van der Waals surface area contributed by atoms with Crippen LogP contribution in [0.4, 0.5) is 13.6 Å². The number of carboxylic acid groups (broad SMARTS) is 1. The number of hydrogen-bond acceptors (Lipinski definition) is 5. The normalized spacial score (nSPS) is 10.7. The van der Waals surface area contributed by atoms with Crippen LogP contribution in [0.5, 0.6) is 5.75 Å². The molecule has 0 fully saturated rings. The summed E-state index contributed by atoms with van der Waals surface area (Å²) in [4.78, 5) is 31.7. The van der Waals surface area contributed by atoms with Crippen LogP contribution >= 0.6 is 15.9 Å². The van der Waals surface area contributed by atoms with Gasteiger partial charge in [0.05, 0.1) is 18.8 Å². The van der Waals surface area contributed by atoms with Crippen LogP contribution in [-0.2, 0) is 19.7 Å². The SMILES string of the molecule is Cc1cc(OCc2ccc(F)cc2F)c(Br)c(=O)n1Cc1ccnc(CNC(=O)O)n1. The van der Waals surface area contributed by atoms with E-state index in [9.17, 15) is 18.4 Å². The van der Waals surface area contributed by atoms with Crippen molar-refractivity contribution in [3.63, 3.8) is 0 Å². The minimum absolute atomic E-state index is 0.0620. The van der Waals surface area contributed by atoms with E-state index in [1.807, 2.05) is 0 Å². The first-order valence-corrected chi connectivity index (χ1v) is 9.78. The zero-order valence-corrected chi connectivity index (χ0v) is 17.8. The average molecular weight is 495 g/mol. The fourth-order valence-electron chi connectivity index (χ4n) is 2.74. The molecule has 0 unspecified atom stereocenters. The number of rotatable bonds is 7. The highest BCUT2D eigenvalue weighted by Gasteiger charge is 2.14. The van der Waals surface area contributed by atoms with Crippen molar-refractivity contribution in [3.8, 4) is 5.75 Å². The molecule has 0 saturated carbocycles. The maximum Gasteiger partial charge on any atom is 0.405 e. The van der Waals surface area contributed by atoms with Crippen molar-refractivity contribution >= 4 is 22.0 Å². The molecule has 0 aliphatic heterocycles. The second-order valence-electron chi connectivity index (χ2n) is 6.50. The third-order valence-corrected chi connectivity index (χ3v) is 5.02. The molecule has 3 rings (SSSR count). The Bertz CT molecular complexity index is 1190. The van der Waals surface area contributed by atoms with Gasteiger partial charge in [-0.15, -0.1) is 0 Å². The Kier molecular flexibility index (Phi) is 6.95. The van der Waals surface area contributed by atoms with Gasteiger partial charge in [-0.1, -0.05) is 0 Å². The van der Waals surface area contributed by atoms with Crippen LogP contribution in [0.3, 0.4) is 0 Å². The third kappa shape index (κ3) is 5.63. The van der Waals surface area contributed by atoms with E-state index in [4.69, 9.17) is 9.84 Å². The van der Waals surface area contributed by atoms with E-state index < -0.39 is 23.3 Å². The molecule has 0 aliphatic rings. The van der Waals surface area contributed by atoms with Gasteiger partial charge in [0.25, 0.3) is 5.56 Å². The highest BCUT2D eigenvalue weighted by Crippen LogP contribution is 2.24. The lowest BCUT2D eigenvalue weighted by Crippen LogP contribution is -2.25. The molecule has 8 nitrogen and oxygen atoms in total. The molecule has 1 amide bonds. The smallest absolute Gasteiger partial charge is 0.405 e. The number of nitrogens with zero attached hydrogens (tertiary/aromatic N) is 3. The van der Waals surface area contributed by atoms with Crippen molar-refractivity contribution in [3.05, 3.63) is 85.8 Å². The van der Waals surface area contributed by atoms with Gasteiger partial charge in [-0.25, -0.2) is 23.5 Å². The molecule has 162 valence electrons. The fraction of sp³-hybridized carbons (Fsp3) is 0.200. The Labute approximate surface area is 183 Å². The van der Waals surface area contributed by atoms with Gasteiger partial charge in [0.1, 0.15) is 34.3 Å². The molecule has 0 saturated heterocycles. The number of benzene rings is 1. The number of nitrogens with one attached hydrogen (secondary N) is 1. The van der Waals surface area contributed by atoms with E-state index in [0.717, 1.165) is 12.1 Å². The van der Waals surface area contributed by atoms with Gasteiger partial charge in [-0.05, 0) is 41.1 Å². The lowest BCUT2D eigenvalue weighted by molar-refractivity contribution is 0.193. The molecule has 0 bridgehead atoms. The number of pyridine rings is 1. The topological polar surface area (TPSA) is 106 Å². The zero-order valence-electron chi connectivity index (χ0n) is 16.2. The molecule has 0 atom stereocenters. The molecule has 1 aromatic carbocycles. The largest absolute Gasteiger partial charge is 0.487 e. The predicted octanol–water partition coefficient (Wildman–Crippen LogP) is 3.38. The lowest BCUT2D eigenvalue weighted by Gasteiger charge is -2.15. The van der Waals surface area contributed by atoms with E-state index in [0.29, 0.717) is 11.4 Å². The van der Waals surface area contributed by atoms with Gasteiger partial charge in [-0.2, -0.15) is 0 Å². The van der Waals surface area contributed by atoms with E-state index in [-0.39, 0.29) is 41.3 Å². The molecule has 0 radical (unpaired) electrons. The van der Waals surface area contributed by atoms with Crippen molar-refractivity contribution in [2.24, 2.45) is 0 Å². The number of hydrogen-bond donors (Lipinski definition) is 2. The van der Waals surface area contributed by atoms with Crippen LogP contribution in [0.25, 0.3) is 0 Å². The van der Waals surface area contributed by atoms with Crippen molar-refractivity contribution < 1.29 is 23.4 Å². The zero-order chi connectivity index (χ0) is 22.5. The van der Waals surface area contributed by atoms with Crippen LogP contribution in [-0.4, -0.2) is 25.7 Å². The van der Waals surface area contributed by atoms with E-state index in [1.165, 1.54) is 16.8 Å². The summed E-state index contributed by atoms with van der Waals surface area (Å²) in [5.74, 6) is -0.937. The van der Waals surface area contributed by atoms with Gasteiger partial charge in [0, 0.05) is 29.6 Å². The number of aromatic nitrogens is 3. The minimum Gasteiger partial charge on any atom is -0.487 e. The molecule has 2 aromatic heterocycles. The van der Waals surface area contributed by atoms with Crippen molar-refractivity contribution in [2.45, 2.75) is 26.6 Å². The molecule has 11 heteroatoms. The molecule has 0 aliphatic carbocycles. The Hall–Kier alpha value is -3.34. The molecule has 0 spiro atoms. The molecular formula is C20H17BrF2N4O4. The lowest BCUT2D eigenvalue weighted by atomic mass is 10.2. The predicted molar refractivity (Wildman–Crippen MR) is 110 cm³/mol. The number of halogens is 3. The monoisotopic (exact) mass is 494 g/mol. The molecule has 3 aromatic rings. The van der Waals surface area contributed by atoms with Gasteiger partial charge in [-0.3, -0.25) is 4.79 Å². The van der Waals surface area contributed by atoms with Crippen LogP contribution in [0.2, 0.25) is 0 Å². The first kappa shape index (κ1) is 22.3. The number of carbonyl (C=O) groups is 1. The fourth-order valence-corrected chi connectivity index (χ4v) is 3.18. The number of aryl methyl sites for hydroxylation is 1. The summed E-state index contributed by atoms with van der Waals surface area (Å²) in [6.45, 7) is 1.58. The summed E-state index contributed by atoms with van der Waals surface area (Å²) in [6.07, 6.45) is 0.284. The van der Waals surface area contributed by atoms with E-state index in [2.05, 4.69) is 31.2 Å². The Morgan fingerprint density at radius 2 is 2.06 bits per heavy atom. The van der Waals surface area contributed by atoms with Gasteiger partial charge in [0.2, 0.25) is 0 Å². The van der Waals surface area contributed by atoms with Crippen molar-refractivity contribution in [2.75, 3.05) is 0 Å². The Morgan fingerprint density at radius 1 is 1.29 bits per heavy atom. The average Bonchev–Trinajstić information content (AvgIpc) is 2.72. The summed E-state index contributed by atoms with van der Waals surface area (Å²) >= 11 is 3.22. The summed E-state index contributed by atoms with van der Waals surface area (Å²) < 4.78 is 34.0. The molecule has 2 N–H and O–H groups in total.